The zero-order chi connectivity index (χ0) is 17.1. The molecule has 0 bridgehead atoms. The number of hydrogen-bond donors (Lipinski definition) is 3. The molecule has 0 spiro atoms. The Bertz CT molecular complexity index is 830. The van der Waals surface area contributed by atoms with Gasteiger partial charge in [-0.25, -0.2) is 9.37 Å². The van der Waals surface area contributed by atoms with E-state index in [1.165, 1.54) is 12.1 Å². The molecule has 0 amide bonds. The number of aromatic nitrogens is 4. The number of nitrogens with zero attached hydrogens (tertiary/aromatic N) is 4. The summed E-state index contributed by atoms with van der Waals surface area (Å²) < 4.78 is 15.0. The number of aliphatic hydroxyl groups excluding tert-OH is 1. The quantitative estimate of drug-likeness (QED) is 0.644. The Morgan fingerprint density at radius 2 is 1.96 bits per heavy atom. The molecular formula is C16H19FN6O. The van der Waals surface area contributed by atoms with Crippen LogP contribution in [0.15, 0.2) is 30.6 Å². The largest absolute Gasteiger partial charge is 0.395 e. The van der Waals surface area contributed by atoms with Crippen LogP contribution in [0.25, 0.3) is 11.2 Å². The molecule has 3 N–H and O–H groups in total. The van der Waals surface area contributed by atoms with E-state index < -0.39 is 0 Å². The van der Waals surface area contributed by atoms with Gasteiger partial charge >= 0.3 is 0 Å². The smallest absolute Gasteiger partial charge is 0.226 e. The van der Waals surface area contributed by atoms with Crippen LogP contribution in [-0.2, 0) is 0 Å². The second-order valence-electron chi connectivity index (χ2n) is 5.60. The second-order valence-corrected chi connectivity index (χ2v) is 5.60. The maximum absolute atomic E-state index is 13.1. The van der Waals surface area contributed by atoms with Gasteiger partial charge in [0, 0.05) is 18.3 Å². The summed E-state index contributed by atoms with van der Waals surface area (Å²) in [6.07, 6.45) is 1.72. The first-order valence-corrected chi connectivity index (χ1v) is 7.70. The van der Waals surface area contributed by atoms with E-state index in [1.54, 1.807) is 18.5 Å². The highest BCUT2D eigenvalue weighted by Crippen LogP contribution is 2.26. The maximum atomic E-state index is 13.1. The van der Waals surface area contributed by atoms with Crippen LogP contribution in [0.3, 0.4) is 0 Å². The molecule has 0 aliphatic carbocycles. The van der Waals surface area contributed by atoms with Crippen molar-refractivity contribution in [3.05, 3.63) is 36.4 Å². The summed E-state index contributed by atoms with van der Waals surface area (Å²) in [5, 5.41) is 15.1. The van der Waals surface area contributed by atoms with Crippen LogP contribution in [0.4, 0.5) is 21.8 Å². The SMILES string of the molecule is CC(C)n1cnc2c(Nc3ccc(F)cc3)nc(NCCO)nc21. The highest BCUT2D eigenvalue weighted by atomic mass is 19.1. The van der Waals surface area contributed by atoms with Crippen LogP contribution >= 0.6 is 0 Å². The predicted octanol–water partition coefficient (Wildman–Crippen LogP) is 2.69. The highest BCUT2D eigenvalue weighted by Gasteiger charge is 2.15. The Hall–Kier alpha value is -2.74. The fourth-order valence-electron chi connectivity index (χ4n) is 2.30. The van der Waals surface area contributed by atoms with Crippen LogP contribution in [0.1, 0.15) is 19.9 Å². The number of imidazole rings is 1. The zero-order valence-electron chi connectivity index (χ0n) is 13.5. The van der Waals surface area contributed by atoms with E-state index in [0.29, 0.717) is 35.2 Å². The van der Waals surface area contributed by atoms with Crippen molar-refractivity contribution in [1.82, 2.24) is 19.5 Å². The van der Waals surface area contributed by atoms with Crippen LogP contribution in [0.5, 0.6) is 0 Å². The Labute approximate surface area is 138 Å². The van der Waals surface area contributed by atoms with E-state index in [4.69, 9.17) is 5.11 Å². The van der Waals surface area contributed by atoms with Gasteiger partial charge in [-0.2, -0.15) is 9.97 Å². The lowest BCUT2D eigenvalue weighted by Crippen LogP contribution is -2.11. The molecule has 0 fully saturated rings. The van der Waals surface area contributed by atoms with Gasteiger partial charge in [0.25, 0.3) is 0 Å². The Balaban J connectivity index is 2.05. The van der Waals surface area contributed by atoms with Gasteiger partial charge in [-0.05, 0) is 38.1 Å². The normalized spacial score (nSPS) is 11.2. The van der Waals surface area contributed by atoms with Crippen LogP contribution < -0.4 is 10.6 Å². The first-order valence-electron chi connectivity index (χ1n) is 7.70. The lowest BCUT2D eigenvalue weighted by Gasteiger charge is -2.11. The van der Waals surface area contributed by atoms with Gasteiger partial charge in [0.2, 0.25) is 5.95 Å². The molecule has 0 aliphatic heterocycles. The van der Waals surface area contributed by atoms with Gasteiger partial charge in [-0.15, -0.1) is 0 Å². The molecule has 0 unspecified atom stereocenters. The summed E-state index contributed by atoms with van der Waals surface area (Å²) in [6, 6.07) is 6.19. The molecule has 24 heavy (non-hydrogen) atoms. The number of hydrogen-bond acceptors (Lipinski definition) is 6. The van der Waals surface area contributed by atoms with Crippen LogP contribution in [0, 0.1) is 5.82 Å². The molecule has 0 saturated heterocycles. The van der Waals surface area contributed by atoms with Gasteiger partial charge in [-0.1, -0.05) is 0 Å². The monoisotopic (exact) mass is 330 g/mol. The van der Waals surface area contributed by atoms with Crippen molar-refractivity contribution in [2.75, 3.05) is 23.8 Å². The van der Waals surface area contributed by atoms with Crippen molar-refractivity contribution in [2.24, 2.45) is 0 Å². The Morgan fingerprint density at radius 1 is 1.21 bits per heavy atom. The molecule has 2 aromatic heterocycles. The molecular weight excluding hydrogens is 311 g/mol. The number of fused-ring (bicyclic) bond motifs is 1. The Morgan fingerprint density at radius 3 is 2.62 bits per heavy atom. The molecule has 8 heteroatoms. The summed E-state index contributed by atoms with van der Waals surface area (Å²) in [7, 11) is 0. The van der Waals surface area contributed by atoms with Crippen molar-refractivity contribution in [3.63, 3.8) is 0 Å². The highest BCUT2D eigenvalue weighted by molar-refractivity contribution is 5.86. The third kappa shape index (κ3) is 3.28. The van der Waals surface area contributed by atoms with Gasteiger partial charge in [0.05, 0.1) is 12.9 Å². The molecule has 7 nitrogen and oxygen atoms in total. The minimum absolute atomic E-state index is 0.0223. The minimum atomic E-state index is -0.303. The van der Waals surface area contributed by atoms with E-state index in [-0.39, 0.29) is 18.5 Å². The summed E-state index contributed by atoms with van der Waals surface area (Å²) >= 11 is 0. The molecule has 0 saturated carbocycles. The van der Waals surface area contributed by atoms with E-state index >= 15 is 0 Å². The summed E-state index contributed by atoms with van der Waals surface area (Å²) in [6.45, 7) is 4.40. The first kappa shape index (κ1) is 16.1. The number of aliphatic hydroxyl groups is 1. The summed E-state index contributed by atoms with van der Waals surface area (Å²) in [5.41, 5.74) is 2.01. The third-order valence-electron chi connectivity index (χ3n) is 3.48. The average molecular weight is 330 g/mol. The van der Waals surface area contributed by atoms with Crippen molar-refractivity contribution < 1.29 is 9.50 Å². The fraction of sp³-hybridized carbons (Fsp3) is 0.312. The lowest BCUT2D eigenvalue weighted by molar-refractivity contribution is 0.311. The van der Waals surface area contributed by atoms with Crippen molar-refractivity contribution in [2.45, 2.75) is 19.9 Å². The standard InChI is InChI=1S/C16H19FN6O/c1-10(2)23-9-19-13-14(20-12-5-3-11(17)4-6-12)21-16(18-7-8-24)22-15(13)23/h3-6,9-10,24H,7-8H2,1-2H3,(H2,18,20,21,22). The van der Waals surface area contributed by atoms with E-state index in [1.807, 2.05) is 18.4 Å². The van der Waals surface area contributed by atoms with Gasteiger partial charge < -0.3 is 20.3 Å². The predicted molar refractivity (Wildman–Crippen MR) is 91.0 cm³/mol. The molecule has 3 rings (SSSR count). The van der Waals surface area contributed by atoms with Crippen molar-refractivity contribution >= 4 is 28.6 Å². The van der Waals surface area contributed by atoms with Crippen molar-refractivity contribution in [1.29, 1.82) is 0 Å². The minimum Gasteiger partial charge on any atom is -0.395 e. The zero-order valence-corrected chi connectivity index (χ0v) is 13.5. The van der Waals surface area contributed by atoms with E-state index in [2.05, 4.69) is 25.6 Å². The lowest BCUT2D eigenvalue weighted by atomic mass is 10.3. The maximum Gasteiger partial charge on any atom is 0.226 e. The van der Waals surface area contributed by atoms with E-state index in [0.717, 1.165) is 0 Å². The molecule has 126 valence electrons. The molecule has 2 heterocycles. The number of benzene rings is 1. The summed E-state index contributed by atoms with van der Waals surface area (Å²) in [5.74, 6) is 0.609. The molecule has 1 aromatic carbocycles. The average Bonchev–Trinajstić information content (AvgIpc) is 2.99. The van der Waals surface area contributed by atoms with Gasteiger partial charge in [0.15, 0.2) is 17.0 Å². The Kier molecular flexibility index (Phi) is 4.57. The third-order valence-corrected chi connectivity index (χ3v) is 3.48. The second kappa shape index (κ2) is 6.79. The van der Waals surface area contributed by atoms with Gasteiger partial charge in [0.1, 0.15) is 5.82 Å². The topological polar surface area (TPSA) is 87.9 Å². The van der Waals surface area contributed by atoms with Crippen molar-refractivity contribution in [3.8, 4) is 0 Å². The molecule has 0 radical (unpaired) electrons. The fourth-order valence-corrected chi connectivity index (χ4v) is 2.30. The number of rotatable bonds is 6. The van der Waals surface area contributed by atoms with Crippen LogP contribution in [0.2, 0.25) is 0 Å². The molecule has 0 aliphatic rings. The molecule has 0 atom stereocenters. The summed E-state index contributed by atoms with van der Waals surface area (Å²) in [4.78, 5) is 13.3. The van der Waals surface area contributed by atoms with E-state index in [9.17, 15) is 4.39 Å². The number of anilines is 3. The van der Waals surface area contributed by atoms with Gasteiger partial charge in [-0.3, -0.25) is 0 Å². The first-order chi connectivity index (χ1) is 11.6. The van der Waals surface area contributed by atoms with Crippen LogP contribution in [-0.4, -0.2) is 37.8 Å². The molecule has 3 aromatic rings. The number of halogens is 1. The number of nitrogens with one attached hydrogen (secondary N) is 2.